The molecule has 0 saturated heterocycles. The molecule has 2 heteroatoms. The molecular weight excluding hydrogens is 222 g/mol. The Morgan fingerprint density at radius 3 is 2.33 bits per heavy atom. The molecule has 1 heterocycles. The van der Waals surface area contributed by atoms with Crippen molar-refractivity contribution in [2.24, 2.45) is 0 Å². The van der Waals surface area contributed by atoms with Gasteiger partial charge in [-0.1, -0.05) is 35.4 Å². The third-order valence-electron chi connectivity index (χ3n) is 2.96. The van der Waals surface area contributed by atoms with E-state index in [4.69, 9.17) is 0 Å². The highest BCUT2D eigenvalue weighted by Gasteiger charge is 2.10. The molecule has 0 aliphatic heterocycles. The smallest absolute Gasteiger partial charge is 0.1000 e. The van der Waals surface area contributed by atoms with Crippen molar-refractivity contribution in [3.8, 4) is 0 Å². The summed E-state index contributed by atoms with van der Waals surface area (Å²) in [5, 5.41) is 10.2. The molecule has 2 rings (SSSR count). The summed E-state index contributed by atoms with van der Waals surface area (Å²) >= 11 is 0. The fourth-order valence-electron chi connectivity index (χ4n) is 2.26. The van der Waals surface area contributed by atoms with Crippen molar-refractivity contribution in [3.05, 3.63) is 64.5 Å². The molecule has 0 radical (unpaired) electrons. The number of aromatic nitrogens is 1. The fraction of sp³-hybridized carbons (Fsp3) is 0.312. The van der Waals surface area contributed by atoms with Crippen LogP contribution in [0.25, 0.3) is 0 Å². The highest BCUT2D eigenvalue weighted by atomic mass is 16.3. The number of pyridine rings is 1. The summed E-state index contributed by atoms with van der Waals surface area (Å²) in [6.45, 7) is 6.09. The average Bonchev–Trinajstić information content (AvgIpc) is 2.27. The zero-order valence-electron chi connectivity index (χ0n) is 11.1. The molecule has 1 aromatic heterocycles. The molecule has 1 atom stereocenters. The minimum absolute atomic E-state index is 0.536. The maximum Gasteiger partial charge on any atom is 0.1000 e. The molecule has 1 N–H and O–H groups in total. The van der Waals surface area contributed by atoms with E-state index < -0.39 is 6.10 Å². The minimum Gasteiger partial charge on any atom is -0.386 e. The van der Waals surface area contributed by atoms with Crippen molar-refractivity contribution < 1.29 is 5.11 Å². The van der Waals surface area contributed by atoms with Gasteiger partial charge in [-0.3, -0.25) is 4.98 Å². The molecule has 2 nitrogen and oxygen atoms in total. The van der Waals surface area contributed by atoms with Gasteiger partial charge in [-0.15, -0.1) is 0 Å². The first-order valence-electron chi connectivity index (χ1n) is 6.23. The van der Waals surface area contributed by atoms with Gasteiger partial charge in [0.15, 0.2) is 0 Å². The van der Waals surface area contributed by atoms with Crippen LogP contribution < -0.4 is 0 Å². The first-order valence-corrected chi connectivity index (χ1v) is 6.23. The van der Waals surface area contributed by atoms with Gasteiger partial charge in [0.05, 0.1) is 11.8 Å². The number of benzene rings is 1. The van der Waals surface area contributed by atoms with Crippen LogP contribution in [0.2, 0.25) is 0 Å². The maximum atomic E-state index is 10.2. The van der Waals surface area contributed by atoms with Crippen LogP contribution in [0, 0.1) is 20.8 Å². The van der Waals surface area contributed by atoms with Crippen LogP contribution in [0.1, 0.15) is 34.2 Å². The van der Waals surface area contributed by atoms with Crippen LogP contribution in [0.3, 0.4) is 0 Å². The normalized spacial score (nSPS) is 12.4. The van der Waals surface area contributed by atoms with Gasteiger partial charge in [-0.2, -0.15) is 0 Å². The summed E-state index contributed by atoms with van der Waals surface area (Å²) in [4.78, 5) is 4.36. The van der Waals surface area contributed by atoms with E-state index in [1.54, 1.807) is 0 Å². The number of aliphatic hydroxyl groups is 1. The van der Waals surface area contributed by atoms with Crippen LogP contribution >= 0.6 is 0 Å². The number of hydrogen-bond acceptors (Lipinski definition) is 2. The number of nitrogens with zero attached hydrogens (tertiary/aromatic N) is 1. The van der Waals surface area contributed by atoms with E-state index in [-0.39, 0.29) is 0 Å². The SMILES string of the molecule is Cc1cc(C)cc(CC(O)c2cccc(C)n2)c1. The van der Waals surface area contributed by atoms with Gasteiger partial charge in [-0.25, -0.2) is 0 Å². The predicted octanol–water partition coefficient (Wildman–Crippen LogP) is 3.28. The molecule has 1 unspecified atom stereocenters. The summed E-state index contributed by atoms with van der Waals surface area (Å²) in [6.07, 6.45) is 0.0741. The predicted molar refractivity (Wildman–Crippen MR) is 73.6 cm³/mol. The monoisotopic (exact) mass is 241 g/mol. The quantitative estimate of drug-likeness (QED) is 0.894. The zero-order valence-corrected chi connectivity index (χ0v) is 11.1. The second-order valence-electron chi connectivity index (χ2n) is 4.92. The van der Waals surface area contributed by atoms with E-state index in [0.29, 0.717) is 6.42 Å². The van der Waals surface area contributed by atoms with Crippen molar-refractivity contribution >= 4 is 0 Å². The molecule has 1 aromatic carbocycles. The maximum absolute atomic E-state index is 10.2. The molecule has 18 heavy (non-hydrogen) atoms. The van der Waals surface area contributed by atoms with E-state index in [1.807, 2.05) is 25.1 Å². The van der Waals surface area contributed by atoms with Gasteiger partial charge in [0, 0.05) is 12.1 Å². The molecule has 0 amide bonds. The number of aliphatic hydroxyl groups excluding tert-OH is 1. The van der Waals surface area contributed by atoms with Crippen molar-refractivity contribution in [3.63, 3.8) is 0 Å². The third kappa shape index (κ3) is 3.17. The second-order valence-corrected chi connectivity index (χ2v) is 4.92. The minimum atomic E-state index is -0.536. The number of aryl methyl sites for hydroxylation is 3. The second kappa shape index (κ2) is 5.32. The van der Waals surface area contributed by atoms with Gasteiger partial charge in [-0.05, 0) is 38.5 Å². The molecule has 94 valence electrons. The fourth-order valence-corrected chi connectivity index (χ4v) is 2.26. The Bertz CT molecular complexity index is 528. The summed E-state index contributed by atoms with van der Waals surface area (Å²) in [6, 6.07) is 12.1. The van der Waals surface area contributed by atoms with Crippen molar-refractivity contribution in [1.29, 1.82) is 0 Å². The lowest BCUT2D eigenvalue weighted by Gasteiger charge is -2.12. The largest absolute Gasteiger partial charge is 0.386 e. The van der Waals surface area contributed by atoms with Crippen LogP contribution in [0.15, 0.2) is 36.4 Å². The van der Waals surface area contributed by atoms with Gasteiger partial charge >= 0.3 is 0 Å². The lowest BCUT2D eigenvalue weighted by molar-refractivity contribution is 0.173. The van der Waals surface area contributed by atoms with Gasteiger partial charge in [0.2, 0.25) is 0 Å². The summed E-state index contributed by atoms with van der Waals surface area (Å²) < 4.78 is 0. The van der Waals surface area contributed by atoms with Crippen LogP contribution in [0.4, 0.5) is 0 Å². The van der Waals surface area contributed by atoms with Crippen molar-refractivity contribution in [2.45, 2.75) is 33.3 Å². The Kier molecular flexibility index (Phi) is 3.78. The van der Waals surface area contributed by atoms with Crippen molar-refractivity contribution in [1.82, 2.24) is 4.98 Å². The molecule has 0 spiro atoms. The molecule has 0 aliphatic carbocycles. The Labute approximate surface area is 108 Å². The molecular formula is C16H19NO. The lowest BCUT2D eigenvalue weighted by Crippen LogP contribution is -2.05. The van der Waals surface area contributed by atoms with Gasteiger partial charge in [0.25, 0.3) is 0 Å². The van der Waals surface area contributed by atoms with E-state index in [2.05, 4.69) is 37.0 Å². The van der Waals surface area contributed by atoms with Crippen LogP contribution in [-0.4, -0.2) is 10.1 Å². The Morgan fingerprint density at radius 2 is 1.72 bits per heavy atom. The standard InChI is InChI=1S/C16H19NO/c1-11-7-12(2)9-14(8-11)10-16(18)15-6-4-5-13(3)17-15/h4-9,16,18H,10H2,1-3H3. The van der Waals surface area contributed by atoms with Gasteiger partial charge in [0.1, 0.15) is 0 Å². The van der Waals surface area contributed by atoms with E-state index in [9.17, 15) is 5.11 Å². The topological polar surface area (TPSA) is 33.1 Å². The van der Waals surface area contributed by atoms with Crippen molar-refractivity contribution in [2.75, 3.05) is 0 Å². The zero-order chi connectivity index (χ0) is 13.1. The van der Waals surface area contributed by atoms with E-state index in [0.717, 1.165) is 17.0 Å². The third-order valence-corrected chi connectivity index (χ3v) is 2.96. The molecule has 0 bridgehead atoms. The van der Waals surface area contributed by atoms with Gasteiger partial charge < -0.3 is 5.11 Å². The van der Waals surface area contributed by atoms with E-state index in [1.165, 1.54) is 11.1 Å². The summed E-state index contributed by atoms with van der Waals surface area (Å²) in [5.41, 5.74) is 5.30. The lowest BCUT2D eigenvalue weighted by atomic mass is 10.0. The molecule has 0 saturated carbocycles. The Morgan fingerprint density at radius 1 is 1.06 bits per heavy atom. The highest BCUT2D eigenvalue weighted by molar-refractivity contribution is 5.29. The first-order chi connectivity index (χ1) is 8.54. The number of rotatable bonds is 3. The Balaban J connectivity index is 2.18. The molecule has 2 aromatic rings. The molecule has 0 aliphatic rings. The van der Waals surface area contributed by atoms with E-state index >= 15 is 0 Å². The summed E-state index contributed by atoms with van der Waals surface area (Å²) in [7, 11) is 0. The average molecular weight is 241 g/mol. The summed E-state index contributed by atoms with van der Waals surface area (Å²) in [5.74, 6) is 0. The highest BCUT2D eigenvalue weighted by Crippen LogP contribution is 2.18. The first kappa shape index (κ1) is 12.8. The molecule has 0 fully saturated rings. The Hall–Kier alpha value is -1.67. The number of hydrogen-bond donors (Lipinski definition) is 1. The van der Waals surface area contributed by atoms with Crippen LogP contribution in [-0.2, 0) is 6.42 Å². The van der Waals surface area contributed by atoms with Crippen LogP contribution in [0.5, 0.6) is 0 Å².